The van der Waals surface area contributed by atoms with Crippen LogP contribution in [0.4, 0.5) is 0 Å². The number of nitrogens with zero attached hydrogens (tertiary/aromatic N) is 2. The lowest BCUT2D eigenvalue weighted by Gasteiger charge is -2.27. The van der Waals surface area contributed by atoms with E-state index in [9.17, 15) is 14.7 Å². The third-order valence-corrected chi connectivity index (χ3v) is 5.57. The Kier molecular flexibility index (Phi) is 7.64. The van der Waals surface area contributed by atoms with E-state index in [1.807, 2.05) is 21.0 Å². The fourth-order valence-corrected chi connectivity index (χ4v) is 3.76. The number of amides is 1. The maximum atomic E-state index is 13.5. The number of likely N-dealkylation sites (N-methyl/N-ethyl adjacent to an activating group) is 1. The lowest BCUT2D eigenvalue weighted by atomic mass is 9.95. The summed E-state index contributed by atoms with van der Waals surface area (Å²) in [5.74, 6) is -1.09. The molecule has 1 saturated heterocycles. The summed E-state index contributed by atoms with van der Waals surface area (Å²) in [4.78, 5) is 32.6. The van der Waals surface area contributed by atoms with Crippen LogP contribution >= 0.6 is 0 Å². The number of nitrogens with one attached hydrogen (secondary N) is 1. The zero-order valence-electron chi connectivity index (χ0n) is 19.2. The Morgan fingerprint density at radius 3 is 2.66 bits per heavy atom. The summed E-state index contributed by atoms with van der Waals surface area (Å²) in [6.07, 6.45) is 5.21. The van der Waals surface area contributed by atoms with Crippen molar-refractivity contribution in [2.45, 2.75) is 32.7 Å². The van der Waals surface area contributed by atoms with E-state index in [1.165, 1.54) is 4.90 Å². The molecule has 1 fully saturated rings. The number of hydrogen-bond donors (Lipinski definition) is 1. The zero-order valence-corrected chi connectivity index (χ0v) is 19.2. The fourth-order valence-electron chi connectivity index (χ4n) is 3.76. The summed E-state index contributed by atoms with van der Waals surface area (Å²) in [5.41, 5.74) is 1.82. The second kappa shape index (κ2) is 10.4. The van der Waals surface area contributed by atoms with Gasteiger partial charge in [-0.2, -0.15) is 0 Å². The molecule has 1 amide bonds. The highest BCUT2D eigenvalue weighted by molar-refractivity contribution is 6.46. The van der Waals surface area contributed by atoms with E-state index in [-0.39, 0.29) is 5.57 Å². The number of benzene rings is 1. The van der Waals surface area contributed by atoms with Gasteiger partial charge >= 0.3 is 0 Å². The molecule has 3 rings (SSSR count). The Bertz CT molecular complexity index is 1000. The van der Waals surface area contributed by atoms with Crippen LogP contribution in [0.1, 0.15) is 42.5 Å². The molecule has 0 saturated carbocycles. The maximum absolute atomic E-state index is 13.5. The second-order valence-corrected chi connectivity index (χ2v) is 8.40. The lowest BCUT2D eigenvalue weighted by Crippen LogP contribution is -3.06. The second-order valence-electron chi connectivity index (χ2n) is 8.40. The van der Waals surface area contributed by atoms with Crippen molar-refractivity contribution in [3.05, 3.63) is 65.0 Å². The first-order chi connectivity index (χ1) is 15.3. The molecule has 7 heteroatoms. The van der Waals surface area contributed by atoms with Gasteiger partial charge in [-0.25, -0.2) is 0 Å². The van der Waals surface area contributed by atoms with Crippen molar-refractivity contribution in [1.82, 2.24) is 9.88 Å². The Hall–Kier alpha value is -3.19. The highest BCUT2D eigenvalue weighted by Crippen LogP contribution is 2.38. The first kappa shape index (κ1) is 23.5. The van der Waals surface area contributed by atoms with Gasteiger partial charge in [0.05, 0.1) is 39.8 Å². The van der Waals surface area contributed by atoms with E-state index in [0.29, 0.717) is 36.6 Å². The Morgan fingerprint density at radius 2 is 2.03 bits per heavy atom. The predicted octanol–water partition coefficient (Wildman–Crippen LogP) is 0.937. The van der Waals surface area contributed by atoms with Crippen LogP contribution < -0.4 is 14.7 Å². The van der Waals surface area contributed by atoms with Crippen molar-refractivity contribution in [3.8, 4) is 5.75 Å². The number of ketones is 1. The highest BCUT2D eigenvalue weighted by atomic mass is 16.5. The van der Waals surface area contributed by atoms with Crippen molar-refractivity contribution < 1.29 is 24.3 Å². The molecule has 2 aromatic rings. The molecule has 1 aromatic carbocycles. The Labute approximate surface area is 189 Å². The number of carbonyl (C=O) groups excluding carboxylic acids is 2. The molecular formula is C25H31N3O4. The molecule has 1 aliphatic heterocycles. The van der Waals surface area contributed by atoms with E-state index in [1.54, 1.807) is 42.7 Å². The minimum Gasteiger partial charge on any atom is -0.872 e. The molecule has 1 aliphatic rings. The van der Waals surface area contributed by atoms with E-state index in [2.05, 4.69) is 11.9 Å². The molecule has 1 atom stereocenters. The van der Waals surface area contributed by atoms with Crippen molar-refractivity contribution in [2.24, 2.45) is 0 Å². The molecule has 32 heavy (non-hydrogen) atoms. The van der Waals surface area contributed by atoms with Crippen LogP contribution in [-0.4, -0.2) is 55.4 Å². The van der Waals surface area contributed by atoms with Gasteiger partial charge in [0.2, 0.25) is 5.78 Å². The Balaban J connectivity index is 2.03. The number of likely N-dealkylation sites (tertiary alicyclic amines) is 1. The van der Waals surface area contributed by atoms with Crippen molar-refractivity contribution in [3.63, 3.8) is 0 Å². The molecule has 0 bridgehead atoms. The fraction of sp³-hybridized carbons (Fsp3) is 0.400. The topological polar surface area (TPSA) is 87.0 Å². The molecular weight excluding hydrogens is 406 g/mol. The van der Waals surface area contributed by atoms with Crippen LogP contribution in [0.5, 0.6) is 5.75 Å². The number of aryl methyl sites for hydroxylation is 1. The summed E-state index contributed by atoms with van der Waals surface area (Å²) in [5, 5.41) is 13.5. The van der Waals surface area contributed by atoms with Crippen LogP contribution in [0, 0.1) is 6.92 Å². The van der Waals surface area contributed by atoms with Crippen molar-refractivity contribution >= 4 is 17.4 Å². The Morgan fingerprint density at radius 1 is 1.25 bits per heavy atom. The normalized spacial score (nSPS) is 17.9. The SMILES string of the molecule is CCCCOc1ccc(C([O-])=C2C(=O)C(=O)N(CC[NH+](C)C)C2c2cccnc2)cc1C. The van der Waals surface area contributed by atoms with Gasteiger partial charge in [0.25, 0.3) is 5.91 Å². The molecule has 1 N–H and O–H groups in total. The number of carbonyl (C=O) groups is 2. The van der Waals surface area contributed by atoms with Crippen LogP contribution in [0.2, 0.25) is 0 Å². The summed E-state index contributed by atoms with van der Waals surface area (Å²) >= 11 is 0. The minimum atomic E-state index is -0.740. The van der Waals surface area contributed by atoms with E-state index in [0.717, 1.165) is 23.3 Å². The third-order valence-electron chi connectivity index (χ3n) is 5.57. The molecule has 0 aliphatic carbocycles. The average molecular weight is 438 g/mol. The molecule has 7 nitrogen and oxygen atoms in total. The number of Topliss-reactive ketones (excluding diaryl/α,β-unsaturated/α-hetero) is 1. The molecule has 1 aromatic heterocycles. The van der Waals surface area contributed by atoms with Gasteiger partial charge in [0, 0.05) is 18.0 Å². The minimum absolute atomic E-state index is 0.0178. The van der Waals surface area contributed by atoms with Crippen LogP contribution in [-0.2, 0) is 9.59 Å². The summed E-state index contributed by atoms with van der Waals surface area (Å²) in [6.45, 7) is 5.60. The summed E-state index contributed by atoms with van der Waals surface area (Å²) < 4.78 is 5.78. The van der Waals surface area contributed by atoms with E-state index >= 15 is 0 Å². The van der Waals surface area contributed by atoms with Crippen molar-refractivity contribution in [2.75, 3.05) is 33.8 Å². The number of ether oxygens (including phenoxy) is 1. The van der Waals surface area contributed by atoms with Gasteiger partial charge in [-0.05, 0) is 48.2 Å². The van der Waals surface area contributed by atoms with Crippen LogP contribution in [0.25, 0.3) is 5.76 Å². The number of unbranched alkanes of at least 4 members (excludes halogenated alkanes) is 1. The number of quaternary nitrogens is 1. The average Bonchev–Trinajstić information content (AvgIpc) is 3.03. The first-order valence-electron chi connectivity index (χ1n) is 11.0. The molecule has 2 heterocycles. The largest absolute Gasteiger partial charge is 0.872 e. The molecule has 1 unspecified atom stereocenters. The number of hydrogen-bond acceptors (Lipinski definition) is 5. The van der Waals surface area contributed by atoms with E-state index in [4.69, 9.17) is 4.74 Å². The zero-order chi connectivity index (χ0) is 23.3. The standard InChI is InChI=1S/C25H31N3O4/c1-5-6-14-32-20-10-9-18(15-17(20)2)23(29)21-22(19-8-7-11-26-16-19)28(13-12-27(3)4)25(31)24(21)30/h7-11,15-16,22,29H,5-6,12-14H2,1-4H3. The van der Waals surface area contributed by atoms with Gasteiger partial charge in [0.15, 0.2) is 0 Å². The number of rotatable bonds is 9. The lowest BCUT2D eigenvalue weighted by molar-refractivity contribution is -0.857. The first-order valence-corrected chi connectivity index (χ1v) is 11.0. The predicted molar refractivity (Wildman–Crippen MR) is 120 cm³/mol. The number of pyridine rings is 1. The highest BCUT2D eigenvalue weighted by Gasteiger charge is 2.44. The van der Waals surface area contributed by atoms with E-state index < -0.39 is 23.5 Å². The van der Waals surface area contributed by atoms with Gasteiger partial charge in [-0.1, -0.05) is 31.2 Å². The van der Waals surface area contributed by atoms with Crippen LogP contribution in [0.3, 0.4) is 0 Å². The molecule has 0 radical (unpaired) electrons. The van der Waals surface area contributed by atoms with Gasteiger partial charge in [0.1, 0.15) is 5.75 Å². The van der Waals surface area contributed by atoms with Crippen LogP contribution in [0.15, 0.2) is 48.3 Å². The number of aromatic nitrogens is 1. The van der Waals surface area contributed by atoms with Gasteiger partial charge in [-0.15, -0.1) is 0 Å². The van der Waals surface area contributed by atoms with Gasteiger partial charge in [-0.3, -0.25) is 14.6 Å². The summed E-state index contributed by atoms with van der Waals surface area (Å²) in [6, 6.07) is 7.94. The monoisotopic (exact) mass is 437 g/mol. The quantitative estimate of drug-likeness (QED) is 0.273. The van der Waals surface area contributed by atoms with Gasteiger partial charge < -0.3 is 19.6 Å². The molecule has 170 valence electrons. The van der Waals surface area contributed by atoms with Crippen molar-refractivity contribution in [1.29, 1.82) is 0 Å². The molecule has 0 spiro atoms. The smallest absolute Gasteiger partial charge is 0.295 e. The third kappa shape index (κ3) is 4.99. The summed E-state index contributed by atoms with van der Waals surface area (Å²) in [7, 11) is 3.95. The maximum Gasteiger partial charge on any atom is 0.295 e.